The first-order valence-electron chi connectivity index (χ1n) is 11.0. The normalized spacial score (nSPS) is 14.0. The van der Waals surface area contributed by atoms with Crippen LogP contribution in [0.4, 0.5) is 0 Å². The van der Waals surface area contributed by atoms with Gasteiger partial charge in [-0.3, -0.25) is 0 Å². The van der Waals surface area contributed by atoms with Crippen molar-refractivity contribution in [2.24, 2.45) is 0 Å². The lowest BCUT2D eigenvalue weighted by Gasteiger charge is -2.16. The molecule has 0 aliphatic rings. The van der Waals surface area contributed by atoms with E-state index in [1.807, 2.05) is 0 Å². The van der Waals surface area contributed by atoms with Gasteiger partial charge in [-0.15, -0.1) is 0 Å². The third kappa shape index (κ3) is 18.6. The van der Waals surface area contributed by atoms with Gasteiger partial charge >= 0.3 is 0 Å². The average Bonchev–Trinajstić information content (AvgIpc) is 2.57. The van der Waals surface area contributed by atoms with Gasteiger partial charge in [0.25, 0.3) is 0 Å². The summed E-state index contributed by atoms with van der Waals surface area (Å²) >= 11 is 5.19. The fourth-order valence-electron chi connectivity index (χ4n) is 3.23. The van der Waals surface area contributed by atoms with Crippen LogP contribution in [0, 0.1) is 0 Å². The Labute approximate surface area is 159 Å². The second kappa shape index (κ2) is 19.6. The molecule has 0 heterocycles. The monoisotopic (exact) mass is 357 g/mol. The zero-order chi connectivity index (χ0) is 17.9. The van der Waals surface area contributed by atoms with Gasteiger partial charge in [0.1, 0.15) is 0 Å². The lowest BCUT2D eigenvalue weighted by molar-refractivity contribution is 0.0406. The molecule has 0 aromatic carbocycles. The Kier molecular flexibility index (Phi) is 19.9. The smallest absolute Gasteiger partial charge is 0.0572 e. The Morgan fingerprint density at radius 1 is 0.667 bits per heavy atom. The van der Waals surface area contributed by atoms with E-state index >= 15 is 0 Å². The van der Waals surface area contributed by atoms with E-state index in [9.17, 15) is 0 Å². The number of ether oxygens (including phenoxy) is 1. The van der Waals surface area contributed by atoms with Crippen LogP contribution in [0.15, 0.2) is 0 Å². The molecule has 2 atom stereocenters. The minimum atomic E-state index is 0.459. The van der Waals surface area contributed by atoms with E-state index in [1.54, 1.807) is 0 Å². The fourth-order valence-corrected chi connectivity index (χ4v) is 3.39. The number of rotatable bonds is 19. The van der Waals surface area contributed by atoms with E-state index in [0.717, 1.165) is 6.61 Å². The highest BCUT2D eigenvalue weighted by Gasteiger charge is 2.06. The van der Waals surface area contributed by atoms with Gasteiger partial charge in [-0.05, 0) is 25.7 Å². The number of unbranched alkanes of at least 4 members (excludes halogenated alkanes) is 11. The van der Waals surface area contributed by atoms with Crippen LogP contribution in [0.2, 0.25) is 0 Å². The largest absolute Gasteiger partial charge is 0.378 e. The third-order valence-corrected chi connectivity index (χ3v) is 5.18. The maximum Gasteiger partial charge on any atom is 0.0572 e. The van der Waals surface area contributed by atoms with Crippen LogP contribution in [0.5, 0.6) is 0 Å². The molecule has 0 amide bonds. The lowest BCUT2D eigenvalue weighted by atomic mass is 10.1. The van der Waals surface area contributed by atoms with Crippen molar-refractivity contribution in [1.29, 1.82) is 0 Å². The number of hydrogen-bond donors (Lipinski definition) is 0. The molecule has 2 heteroatoms. The Balaban J connectivity index is 3.30. The maximum atomic E-state index is 6.08. The minimum absolute atomic E-state index is 0.459. The highest BCUT2D eigenvalue weighted by Crippen LogP contribution is 2.14. The molecular weight excluding hydrogens is 312 g/mol. The molecule has 0 aliphatic carbocycles. The van der Waals surface area contributed by atoms with Gasteiger partial charge in [-0.1, -0.05) is 110 Å². The SMILES string of the molecule is CCCCCCCCCC(CC)OCCCCCCCCC(C)[S]. The molecule has 0 aliphatic heterocycles. The highest BCUT2D eigenvalue weighted by molar-refractivity contribution is 7.80. The Morgan fingerprint density at radius 3 is 1.71 bits per heavy atom. The zero-order valence-corrected chi connectivity index (χ0v) is 17.8. The molecule has 0 saturated carbocycles. The van der Waals surface area contributed by atoms with Crippen molar-refractivity contribution in [1.82, 2.24) is 0 Å². The molecule has 0 N–H and O–H groups in total. The lowest BCUT2D eigenvalue weighted by Crippen LogP contribution is -2.12. The summed E-state index contributed by atoms with van der Waals surface area (Å²) in [5.74, 6) is 0. The van der Waals surface area contributed by atoms with Gasteiger partial charge in [0.2, 0.25) is 0 Å². The molecular formula is C22H45OS. The van der Waals surface area contributed by atoms with E-state index in [2.05, 4.69) is 20.8 Å². The van der Waals surface area contributed by atoms with Crippen molar-refractivity contribution in [3.8, 4) is 0 Å². The van der Waals surface area contributed by atoms with E-state index < -0.39 is 0 Å². The summed E-state index contributed by atoms with van der Waals surface area (Å²) in [4.78, 5) is 0. The molecule has 0 rings (SSSR count). The molecule has 24 heavy (non-hydrogen) atoms. The summed E-state index contributed by atoms with van der Waals surface area (Å²) in [6, 6.07) is 0. The van der Waals surface area contributed by atoms with Crippen molar-refractivity contribution in [3.05, 3.63) is 0 Å². The van der Waals surface area contributed by atoms with Gasteiger partial charge in [0.15, 0.2) is 0 Å². The van der Waals surface area contributed by atoms with E-state index in [-0.39, 0.29) is 0 Å². The van der Waals surface area contributed by atoms with Crippen molar-refractivity contribution in [2.75, 3.05) is 6.61 Å². The standard InChI is InChI=1S/C22H45OS/c1-4-6-7-8-9-13-16-19-22(5-2)23-20-17-14-11-10-12-15-18-21(3)24/h21-22H,4-20H2,1-3H3. The molecule has 0 saturated heterocycles. The summed E-state index contributed by atoms with van der Waals surface area (Å²) in [6.45, 7) is 7.67. The topological polar surface area (TPSA) is 9.23 Å². The molecule has 1 radical (unpaired) electrons. The van der Waals surface area contributed by atoms with Crippen LogP contribution in [-0.4, -0.2) is 18.0 Å². The fraction of sp³-hybridized carbons (Fsp3) is 1.00. The van der Waals surface area contributed by atoms with Crippen LogP contribution in [0.1, 0.15) is 124 Å². The van der Waals surface area contributed by atoms with Gasteiger partial charge in [0, 0.05) is 11.9 Å². The molecule has 0 aromatic heterocycles. The molecule has 0 fully saturated rings. The number of hydrogen-bond acceptors (Lipinski definition) is 1. The zero-order valence-electron chi connectivity index (χ0n) is 17.0. The summed E-state index contributed by atoms with van der Waals surface area (Å²) < 4.78 is 6.08. The van der Waals surface area contributed by atoms with Gasteiger partial charge < -0.3 is 4.74 Å². The second-order valence-electron chi connectivity index (χ2n) is 7.53. The first-order valence-corrected chi connectivity index (χ1v) is 11.4. The molecule has 145 valence electrons. The van der Waals surface area contributed by atoms with Gasteiger partial charge in [0.05, 0.1) is 6.10 Å². The van der Waals surface area contributed by atoms with Crippen molar-refractivity contribution in [3.63, 3.8) is 0 Å². The van der Waals surface area contributed by atoms with Crippen LogP contribution in [0.25, 0.3) is 0 Å². The predicted molar refractivity (Wildman–Crippen MR) is 112 cm³/mol. The molecule has 1 nitrogen and oxygen atoms in total. The van der Waals surface area contributed by atoms with Crippen LogP contribution >= 0.6 is 12.6 Å². The molecule has 0 bridgehead atoms. The third-order valence-electron chi connectivity index (χ3n) is 4.94. The average molecular weight is 358 g/mol. The minimum Gasteiger partial charge on any atom is -0.378 e. The molecule has 0 spiro atoms. The summed E-state index contributed by atoms with van der Waals surface area (Å²) in [7, 11) is 0. The van der Waals surface area contributed by atoms with Crippen LogP contribution < -0.4 is 0 Å². The summed E-state index contributed by atoms with van der Waals surface area (Å²) in [6.07, 6.45) is 21.9. The summed E-state index contributed by atoms with van der Waals surface area (Å²) in [5.41, 5.74) is 0. The predicted octanol–water partition coefficient (Wildman–Crippen LogP) is 8.24. The van der Waals surface area contributed by atoms with Crippen molar-refractivity contribution in [2.45, 2.75) is 135 Å². The van der Waals surface area contributed by atoms with Crippen LogP contribution in [-0.2, 0) is 4.74 Å². The van der Waals surface area contributed by atoms with E-state index in [1.165, 1.54) is 103 Å². The van der Waals surface area contributed by atoms with Crippen LogP contribution in [0.3, 0.4) is 0 Å². The van der Waals surface area contributed by atoms with Crippen molar-refractivity contribution < 1.29 is 4.74 Å². The maximum absolute atomic E-state index is 6.08. The molecule has 0 aromatic rings. The highest BCUT2D eigenvalue weighted by atomic mass is 32.1. The Morgan fingerprint density at radius 2 is 1.17 bits per heavy atom. The van der Waals surface area contributed by atoms with Gasteiger partial charge in [-0.25, -0.2) is 0 Å². The summed E-state index contributed by atoms with van der Waals surface area (Å²) in [5, 5.41) is 0.459. The first kappa shape index (κ1) is 24.3. The quantitative estimate of drug-likeness (QED) is 0.211. The Hall–Kier alpha value is 0.310. The van der Waals surface area contributed by atoms with Crippen molar-refractivity contribution >= 4 is 12.6 Å². The second-order valence-corrected chi connectivity index (χ2v) is 8.34. The van der Waals surface area contributed by atoms with Gasteiger partial charge in [-0.2, -0.15) is 0 Å². The Bertz CT molecular complexity index is 230. The van der Waals surface area contributed by atoms with E-state index in [4.69, 9.17) is 17.4 Å². The first-order chi connectivity index (χ1) is 11.7. The van der Waals surface area contributed by atoms with E-state index in [0.29, 0.717) is 11.4 Å². The molecule has 2 unspecified atom stereocenters.